The number of nitrogens with one attached hydrogen (secondary N) is 1. The van der Waals surface area contributed by atoms with Crippen molar-refractivity contribution >= 4 is 5.91 Å². The Labute approximate surface area is 117 Å². The van der Waals surface area contributed by atoms with Gasteiger partial charge < -0.3 is 15.2 Å². The number of rotatable bonds is 3. The molecular formula is C14H17N3O3. The minimum absolute atomic E-state index is 0.119. The molecule has 1 aromatic heterocycles. The van der Waals surface area contributed by atoms with Gasteiger partial charge in [0.25, 0.3) is 5.91 Å². The van der Waals surface area contributed by atoms with E-state index >= 15 is 0 Å². The van der Waals surface area contributed by atoms with E-state index in [4.69, 9.17) is 10.00 Å². The number of aromatic nitrogens is 1. The summed E-state index contributed by atoms with van der Waals surface area (Å²) in [6.45, 7) is 4.06. The summed E-state index contributed by atoms with van der Waals surface area (Å²) in [5, 5.41) is 21.8. The average Bonchev–Trinajstić information content (AvgIpc) is 2.76. The third-order valence-electron chi connectivity index (χ3n) is 3.65. The van der Waals surface area contributed by atoms with Crippen molar-refractivity contribution in [2.75, 3.05) is 13.2 Å². The van der Waals surface area contributed by atoms with Gasteiger partial charge in [0.2, 0.25) is 0 Å². The first-order valence-corrected chi connectivity index (χ1v) is 6.46. The Hall–Kier alpha value is -1.97. The number of nitriles is 1. The molecule has 1 aliphatic heterocycles. The van der Waals surface area contributed by atoms with Crippen LogP contribution in [0.1, 0.15) is 35.1 Å². The van der Waals surface area contributed by atoms with Crippen molar-refractivity contribution in [3.05, 3.63) is 29.1 Å². The summed E-state index contributed by atoms with van der Waals surface area (Å²) in [4.78, 5) is 16.1. The highest BCUT2D eigenvalue weighted by Crippen LogP contribution is 2.24. The highest BCUT2D eigenvalue weighted by atomic mass is 16.5. The predicted octanol–water partition coefficient (Wildman–Crippen LogP) is 0.531. The molecule has 0 spiro atoms. The van der Waals surface area contributed by atoms with E-state index in [1.807, 2.05) is 6.07 Å². The minimum Gasteiger partial charge on any atom is -0.385 e. The van der Waals surface area contributed by atoms with Gasteiger partial charge >= 0.3 is 0 Å². The van der Waals surface area contributed by atoms with Gasteiger partial charge in [-0.25, -0.2) is 4.98 Å². The van der Waals surface area contributed by atoms with Crippen molar-refractivity contribution in [3.63, 3.8) is 0 Å². The highest BCUT2D eigenvalue weighted by molar-refractivity contribution is 5.92. The van der Waals surface area contributed by atoms with E-state index < -0.39 is 5.60 Å². The van der Waals surface area contributed by atoms with Crippen LogP contribution in [0.15, 0.2) is 12.1 Å². The SMILES string of the molecule is Cc1nc(C(=O)NCC2(O)CCOC2C)ccc1C#N. The van der Waals surface area contributed by atoms with Gasteiger partial charge in [-0.1, -0.05) is 0 Å². The molecule has 0 aliphatic carbocycles. The molecule has 2 rings (SSSR count). The van der Waals surface area contributed by atoms with Crippen LogP contribution in [0.5, 0.6) is 0 Å². The van der Waals surface area contributed by atoms with Gasteiger partial charge in [-0.15, -0.1) is 0 Å². The fourth-order valence-corrected chi connectivity index (χ4v) is 2.13. The lowest BCUT2D eigenvalue weighted by Gasteiger charge is -2.26. The van der Waals surface area contributed by atoms with Crippen LogP contribution in [0.25, 0.3) is 0 Å². The van der Waals surface area contributed by atoms with E-state index in [-0.39, 0.29) is 24.2 Å². The summed E-state index contributed by atoms with van der Waals surface area (Å²) < 4.78 is 5.30. The lowest BCUT2D eigenvalue weighted by Crippen LogP contribution is -2.47. The Kier molecular flexibility index (Phi) is 4.02. The summed E-state index contributed by atoms with van der Waals surface area (Å²) >= 11 is 0. The van der Waals surface area contributed by atoms with Crippen molar-refractivity contribution in [1.29, 1.82) is 5.26 Å². The van der Waals surface area contributed by atoms with Gasteiger partial charge in [0, 0.05) is 19.6 Å². The molecular weight excluding hydrogens is 258 g/mol. The van der Waals surface area contributed by atoms with Crippen LogP contribution in [-0.2, 0) is 4.74 Å². The fourth-order valence-electron chi connectivity index (χ4n) is 2.13. The summed E-state index contributed by atoms with van der Waals surface area (Å²) in [6, 6.07) is 5.06. The zero-order valence-corrected chi connectivity index (χ0v) is 11.5. The second-order valence-corrected chi connectivity index (χ2v) is 4.99. The van der Waals surface area contributed by atoms with Gasteiger partial charge in [0.15, 0.2) is 0 Å². The number of carbonyl (C=O) groups excluding carboxylic acids is 1. The third kappa shape index (κ3) is 2.79. The minimum atomic E-state index is -1.03. The quantitative estimate of drug-likeness (QED) is 0.839. The van der Waals surface area contributed by atoms with Gasteiger partial charge in [-0.05, 0) is 26.0 Å². The van der Waals surface area contributed by atoms with E-state index in [1.165, 1.54) is 6.07 Å². The fraction of sp³-hybridized carbons (Fsp3) is 0.500. The molecule has 2 heterocycles. The molecule has 1 aliphatic rings. The number of pyridine rings is 1. The number of aliphatic hydroxyl groups is 1. The Morgan fingerprint density at radius 3 is 3.00 bits per heavy atom. The van der Waals surface area contributed by atoms with E-state index in [0.717, 1.165) is 0 Å². The lowest BCUT2D eigenvalue weighted by atomic mass is 9.97. The molecule has 20 heavy (non-hydrogen) atoms. The number of nitrogens with zero attached hydrogens (tertiary/aromatic N) is 2. The maximum Gasteiger partial charge on any atom is 0.269 e. The lowest BCUT2D eigenvalue weighted by molar-refractivity contribution is -0.0252. The molecule has 0 radical (unpaired) electrons. The Bertz CT molecular complexity index is 567. The molecule has 106 valence electrons. The van der Waals surface area contributed by atoms with Crippen LogP contribution in [0.2, 0.25) is 0 Å². The standard InChI is InChI=1S/C14H17N3O3/c1-9-11(7-15)3-4-12(17-9)13(18)16-8-14(19)5-6-20-10(14)2/h3-4,10,19H,5-6,8H2,1-2H3,(H,16,18). The summed E-state index contributed by atoms with van der Waals surface area (Å²) in [7, 11) is 0. The molecule has 1 saturated heterocycles. The zero-order chi connectivity index (χ0) is 14.8. The molecule has 0 aromatic carbocycles. The molecule has 1 amide bonds. The van der Waals surface area contributed by atoms with Crippen molar-refractivity contribution in [2.24, 2.45) is 0 Å². The first kappa shape index (κ1) is 14.4. The van der Waals surface area contributed by atoms with Crippen LogP contribution < -0.4 is 5.32 Å². The van der Waals surface area contributed by atoms with Crippen LogP contribution in [-0.4, -0.2) is 40.9 Å². The molecule has 2 N–H and O–H groups in total. The second kappa shape index (κ2) is 5.57. The van der Waals surface area contributed by atoms with E-state index in [1.54, 1.807) is 19.9 Å². The number of aryl methyl sites for hydroxylation is 1. The zero-order valence-electron chi connectivity index (χ0n) is 11.5. The van der Waals surface area contributed by atoms with E-state index in [0.29, 0.717) is 24.3 Å². The first-order chi connectivity index (χ1) is 9.46. The number of hydrogen-bond acceptors (Lipinski definition) is 5. The average molecular weight is 275 g/mol. The van der Waals surface area contributed by atoms with Crippen molar-refractivity contribution in [2.45, 2.75) is 32.0 Å². The molecule has 1 fully saturated rings. The number of carbonyl (C=O) groups is 1. The second-order valence-electron chi connectivity index (χ2n) is 4.99. The first-order valence-electron chi connectivity index (χ1n) is 6.46. The molecule has 2 atom stereocenters. The van der Waals surface area contributed by atoms with Crippen molar-refractivity contribution in [1.82, 2.24) is 10.3 Å². The predicted molar refractivity (Wildman–Crippen MR) is 71.0 cm³/mol. The third-order valence-corrected chi connectivity index (χ3v) is 3.65. The van der Waals surface area contributed by atoms with Gasteiger partial charge in [0.05, 0.1) is 17.4 Å². The largest absolute Gasteiger partial charge is 0.385 e. The van der Waals surface area contributed by atoms with Gasteiger partial charge in [-0.2, -0.15) is 5.26 Å². The van der Waals surface area contributed by atoms with Crippen molar-refractivity contribution in [3.8, 4) is 6.07 Å². The normalized spacial score (nSPS) is 25.2. The summed E-state index contributed by atoms with van der Waals surface area (Å²) in [5.41, 5.74) is 0.156. The maximum atomic E-state index is 12.0. The molecule has 6 nitrogen and oxygen atoms in total. The number of amides is 1. The van der Waals surface area contributed by atoms with Crippen molar-refractivity contribution < 1.29 is 14.6 Å². The van der Waals surface area contributed by atoms with Crippen LogP contribution in [0, 0.1) is 18.3 Å². The van der Waals surface area contributed by atoms with Crippen LogP contribution >= 0.6 is 0 Å². The molecule has 0 bridgehead atoms. The molecule has 2 unspecified atom stereocenters. The topological polar surface area (TPSA) is 95.2 Å². The van der Waals surface area contributed by atoms with Gasteiger partial charge in [0.1, 0.15) is 17.4 Å². The van der Waals surface area contributed by atoms with E-state index in [2.05, 4.69) is 10.3 Å². The molecule has 0 saturated carbocycles. The summed E-state index contributed by atoms with van der Waals surface area (Å²) in [5.74, 6) is -0.370. The van der Waals surface area contributed by atoms with E-state index in [9.17, 15) is 9.90 Å². The number of ether oxygens (including phenoxy) is 1. The highest BCUT2D eigenvalue weighted by Gasteiger charge is 2.39. The Balaban J connectivity index is 2.02. The van der Waals surface area contributed by atoms with Gasteiger partial charge in [-0.3, -0.25) is 4.79 Å². The monoisotopic (exact) mass is 275 g/mol. The summed E-state index contributed by atoms with van der Waals surface area (Å²) in [6.07, 6.45) is 0.187. The molecule has 6 heteroatoms. The molecule has 1 aromatic rings. The van der Waals surface area contributed by atoms with Crippen LogP contribution in [0.4, 0.5) is 0 Å². The number of hydrogen-bond donors (Lipinski definition) is 2. The van der Waals surface area contributed by atoms with Crippen LogP contribution in [0.3, 0.4) is 0 Å². The smallest absolute Gasteiger partial charge is 0.269 e. The Morgan fingerprint density at radius 1 is 1.70 bits per heavy atom. The maximum absolute atomic E-state index is 12.0. The Morgan fingerprint density at radius 2 is 2.45 bits per heavy atom.